The van der Waals surface area contributed by atoms with Crippen LogP contribution in [0.4, 0.5) is 0 Å². The second-order valence-corrected chi connectivity index (χ2v) is 7.47. The van der Waals surface area contributed by atoms with E-state index in [0.717, 1.165) is 11.3 Å². The number of aromatic nitrogens is 3. The molecule has 0 aliphatic rings. The van der Waals surface area contributed by atoms with Crippen LogP contribution in [0.1, 0.15) is 27.0 Å². The predicted molar refractivity (Wildman–Crippen MR) is 110 cm³/mol. The van der Waals surface area contributed by atoms with Crippen molar-refractivity contribution in [3.05, 3.63) is 58.9 Å². The number of nitrogens with zero attached hydrogens (tertiary/aromatic N) is 4. The summed E-state index contributed by atoms with van der Waals surface area (Å²) < 4.78 is 5.22. The molecule has 0 aliphatic carbocycles. The molecule has 0 aliphatic heterocycles. The van der Waals surface area contributed by atoms with Gasteiger partial charge in [0, 0.05) is 18.9 Å². The van der Waals surface area contributed by atoms with Crippen molar-refractivity contribution in [3.63, 3.8) is 0 Å². The summed E-state index contributed by atoms with van der Waals surface area (Å²) in [5.41, 5.74) is 1.78. The molecular formula is C20H23N5O2S. The fraction of sp³-hybridized carbons (Fsp3) is 0.300. The Labute approximate surface area is 168 Å². The molecule has 3 aromatic rings. The van der Waals surface area contributed by atoms with Gasteiger partial charge in [0.05, 0.1) is 18.8 Å². The van der Waals surface area contributed by atoms with Gasteiger partial charge in [0.15, 0.2) is 10.8 Å². The number of likely N-dealkylation sites (N-methyl/N-ethyl adjacent to an activating group) is 1. The van der Waals surface area contributed by atoms with Crippen LogP contribution >= 0.6 is 11.3 Å². The second kappa shape index (κ2) is 8.90. The van der Waals surface area contributed by atoms with Crippen LogP contribution in [0, 0.1) is 6.92 Å². The largest absolute Gasteiger partial charge is 0.497 e. The molecule has 3 rings (SSSR count). The van der Waals surface area contributed by atoms with Crippen molar-refractivity contribution in [2.75, 3.05) is 27.7 Å². The van der Waals surface area contributed by atoms with Gasteiger partial charge in [-0.15, -0.1) is 11.3 Å². The first-order valence-electron chi connectivity index (χ1n) is 8.83. The third kappa shape index (κ3) is 4.52. The Morgan fingerprint density at radius 2 is 1.89 bits per heavy atom. The van der Waals surface area contributed by atoms with Gasteiger partial charge in [-0.3, -0.25) is 4.79 Å². The number of rotatable bonds is 7. The van der Waals surface area contributed by atoms with Gasteiger partial charge < -0.3 is 15.0 Å². The maximum atomic E-state index is 12.7. The van der Waals surface area contributed by atoms with E-state index in [-0.39, 0.29) is 11.9 Å². The SMILES string of the molecule is COc1ccc(C(CNC(=O)c2sc(-c3ncccn3)nc2C)N(C)C)cc1. The van der Waals surface area contributed by atoms with E-state index in [4.69, 9.17) is 4.74 Å². The van der Waals surface area contributed by atoms with Gasteiger partial charge in [-0.2, -0.15) is 0 Å². The van der Waals surface area contributed by atoms with Crippen LogP contribution in [0.2, 0.25) is 0 Å². The Morgan fingerprint density at radius 3 is 2.50 bits per heavy atom. The molecule has 1 unspecified atom stereocenters. The lowest BCUT2D eigenvalue weighted by Crippen LogP contribution is -2.34. The number of aryl methyl sites for hydroxylation is 1. The van der Waals surface area contributed by atoms with Gasteiger partial charge in [0.1, 0.15) is 10.6 Å². The zero-order valence-corrected chi connectivity index (χ0v) is 17.2. The summed E-state index contributed by atoms with van der Waals surface area (Å²) in [4.78, 5) is 28.3. The van der Waals surface area contributed by atoms with Crippen LogP contribution in [0.5, 0.6) is 5.75 Å². The molecule has 28 heavy (non-hydrogen) atoms. The Morgan fingerprint density at radius 1 is 1.21 bits per heavy atom. The number of methoxy groups -OCH3 is 1. The highest BCUT2D eigenvalue weighted by Crippen LogP contribution is 2.25. The molecule has 7 nitrogen and oxygen atoms in total. The van der Waals surface area contributed by atoms with Crippen molar-refractivity contribution in [1.29, 1.82) is 0 Å². The van der Waals surface area contributed by atoms with E-state index in [1.54, 1.807) is 25.6 Å². The average Bonchev–Trinajstić information content (AvgIpc) is 3.10. The molecule has 8 heteroatoms. The van der Waals surface area contributed by atoms with E-state index in [1.807, 2.05) is 45.3 Å². The lowest BCUT2D eigenvalue weighted by atomic mass is 10.1. The number of nitrogens with one attached hydrogen (secondary N) is 1. The molecule has 1 N–H and O–H groups in total. The molecule has 0 saturated heterocycles. The molecule has 0 saturated carbocycles. The molecule has 1 atom stereocenters. The zero-order valence-electron chi connectivity index (χ0n) is 16.3. The maximum absolute atomic E-state index is 12.7. The summed E-state index contributed by atoms with van der Waals surface area (Å²) in [6, 6.07) is 9.66. The van der Waals surface area contributed by atoms with Gasteiger partial charge in [-0.1, -0.05) is 12.1 Å². The summed E-state index contributed by atoms with van der Waals surface area (Å²) >= 11 is 1.30. The third-order valence-electron chi connectivity index (χ3n) is 4.34. The Hall–Kier alpha value is -2.84. The standard InChI is InChI=1S/C20H23N5O2S/c1-13-17(28-20(24-13)18-21-10-5-11-22-18)19(26)23-12-16(25(2)3)14-6-8-15(27-4)9-7-14/h5-11,16H,12H2,1-4H3,(H,23,26). The smallest absolute Gasteiger partial charge is 0.263 e. The first-order chi connectivity index (χ1) is 13.5. The minimum Gasteiger partial charge on any atom is -0.497 e. The molecule has 1 amide bonds. The van der Waals surface area contributed by atoms with E-state index >= 15 is 0 Å². The molecule has 146 valence electrons. The normalized spacial score (nSPS) is 12.0. The van der Waals surface area contributed by atoms with Gasteiger partial charge in [0.2, 0.25) is 0 Å². The van der Waals surface area contributed by atoms with Crippen LogP contribution in [0.3, 0.4) is 0 Å². The molecule has 0 bridgehead atoms. The van der Waals surface area contributed by atoms with E-state index in [0.29, 0.717) is 27.9 Å². The van der Waals surface area contributed by atoms with Crippen molar-refractivity contribution in [3.8, 4) is 16.6 Å². The van der Waals surface area contributed by atoms with Crippen molar-refractivity contribution < 1.29 is 9.53 Å². The monoisotopic (exact) mass is 397 g/mol. The third-order valence-corrected chi connectivity index (χ3v) is 5.49. The summed E-state index contributed by atoms with van der Waals surface area (Å²) in [5.74, 6) is 1.19. The molecular weight excluding hydrogens is 374 g/mol. The minimum absolute atomic E-state index is 0.0417. The summed E-state index contributed by atoms with van der Waals surface area (Å²) in [6.45, 7) is 2.30. The number of carbonyl (C=O) groups excluding carboxylic acids is 1. The number of hydrogen-bond acceptors (Lipinski definition) is 7. The summed E-state index contributed by atoms with van der Waals surface area (Å²) in [5, 5.41) is 3.67. The van der Waals surface area contributed by atoms with Crippen LogP contribution in [0.15, 0.2) is 42.7 Å². The highest BCUT2D eigenvalue weighted by atomic mass is 32.1. The van der Waals surface area contributed by atoms with Gasteiger partial charge in [-0.05, 0) is 44.8 Å². The number of thiazole rings is 1. The fourth-order valence-corrected chi connectivity index (χ4v) is 3.74. The Kier molecular flexibility index (Phi) is 6.33. The van der Waals surface area contributed by atoms with Gasteiger partial charge in [0.25, 0.3) is 5.91 Å². The van der Waals surface area contributed by atoms with E-state index in [2.05, 4.69) is 25.2 Å². The van der Waals surface area contributed by atoms with Crippen LogP contribution in [-0.2, 0) is 0 Å². The van der Waals surface area contributed by atoms with E-state index in [9.17, 15) is 4.79 Å². The van der Waals surface area contributed by atoms with Crippen molar-refractivity contribution in [1.82, 2.24) is 25.2 Å². The Bertz CT molecular complexity index is 926. The first-order valence-corrected chi connectivity index (χ1v) is 9.64. The number of benzene rings is 1. The fourth-order valence-electron chi connectivity index (χ4n) is 2.81. The van der Waals surface area contributed by atoms with Crippen molar-refractivity contribution >= 4 is 17.2 Å². The van der Waals surface area contributed by atoms with E-state index in [1.165, 1.54) is 11.3 Å². The molecule has 2 heterocycles. The summed E-state index contributed by atoms with van der Waals surface area (Å²) in [7, 11) is 5.62. The van der Waals surface area contributed by atoms with Crippen LogP contribution < -0.4 is 10.1 Å². The number of ether oxygens (including phenoxy) is 1. The molecule has 0 spiro atoms. The average molecular weight is 398 g/mol. The van der Waals surface area contributed by atoms with Crippen LogP contribution in [-0.4, -0.2) is 53.5 Å². The lowest BCUT2D eigenvalue weighted by Gasteiger charge is -2.25. The topological polar surface area (TPSA) is 80.2 Å². The minimum atomic E-state index is -0.141. The van der Waals surface area contributed by atoms with Gasteiger partial charge >= 0.3 is 0 Å². The van der Waals surface area contributed by atoms with E-state index < -0.39 is 0 Å². The highest BCUT2D eigenvalue weighted by Gasteiger charge is 2.20. The maximum Gasteiger partial charge on any atom is 0.263 e. The predicted octanol–water partition coefficient (Wildman–Crippen LogP) is 2.95. The zero-order chi connectivity index (χ0) is 20.1. The van der Waals surface area contributed by atoms with Crippen molar-refractivity contribution in [2.45, 2.75) is 13.0 Å². The van der Waals surface area contributed by atoms with Crippen molar-refractivity contribution in [2.24, 2.45) is 0 Å². The molecule has 0 fully saturated rings. The second-order valence-electron chi connectivity index (χ2n) is 6.47. The summed E-state index contributed by atoms with van der Waals surface area (Å²) in [6.07, 6.45) is 3.32. The van der Waals surface area contributed by atoms with Crippen LogP contribution in [0.25, 0.3) is 10.8 Å². The molecule has 1 aromatic carbocycles. The lowest BCUT2D eigenvalue weighted by molar-refractivity contribution is 0.0945. The molecule has 0 radical (unpaired) electrons. The number of amides is 1. The number of carbonyl (C=O) groups is 1. The quantitative estimate of drug-likeness (QED) is 0.660. The Balaban J connectivity index is 1.72. The van der Waals surface area contributed by atoms with Gasteiger partial charge in [-0.25, -0.2) is 15.0 Å². The highest BCUT2D eigenvalue weighted by molar-refractivity contribution is 7.17. The number of hydrogen-bond donors (Lipinski definition) is 1. The first kappa shape index (κ1) is 19.9. The molecule has 2 aromatic heterocycles.